The molecular formula is C19H21N3O5. The van der Waals surface area contributed by atoms with E-state index >= 15 is 0 Å². The fourth-order valence-corrected chi connectivity index (χ4v) is 3.00. The van der Waals surface area contributed by atoms with Gasteiger partial charge in [-0.3, -0.25) is 10.1 Å². The second kappa shape index (κ2) is 8.50. The summed E-state index contributed by atoms with van der Waals surface area (Å²) in [6.45, 7) is 1.24. The number of ether oxygens (including phenoxy) is 1. The first-order valence-corrected chi connectivity index (χ1v) is 8.72. The van der Waals surface area contributed by atoms with E-state index in [1.165, 1.54) is 18.2 Å². The zero-order valence-corrected chi connectivity index (χ0v) is 14.7. The van der Waals surface area contributed by atoms with Gasteiger partial charge in [-0.2, -0.15) is 0 Å². The highest BCUT2D eigenvalue weighted by atomic mass is 16.6. The molecule has 0 aliphatic carbocycles. The van der Waals surface area contributed by atoms with Crippen LogP contribution in [0.25, 0.3) is 0 Å². The smallest absolute Gasteiger partial charge is 0.322 e. The number of carbonyl (C=O) groups is 1. The second-order valence-corrected chi connectivity index (χ2v) is 6.38. The van der Waals surface area contributed by atoms with Gasteiger partial charge in [0.25, 0.3) is 5.69 Å². The SMILES string of the molecule is O=C(Nc1cccc([N+](=O)[O-])c1)N(Cc1ccccc1O)CC1CCCO1. The lowest BCUT2D eigenvalue weighted by Crippen LogP contribution is -2.39. The van der Waals surface area contributed by atoms with Crippen LogP contribution < -0.4 is 5.32 Å². The Morgan fingerprint density at radius 1 is 1.30 bits per heavy atom. The van der Waals surface area contributed by atoms with Gasteiger partial charge in [0.1, 0.15) is 5.75 Å². The molecule has 0 saturated carbocycles. The van der Waals surface area contributed by atoms with Gasteiger partial charge in [0.05, 0.1) is 17.6 Å². The van der Waals surface area contributed by atoms with E-state index in [9.17, 15) is 20.0 Å². The van der Waals surface area contributed by atoms with Crippen molar-refractivity contribution in [1.29, 1.82) is 0 Å². The predicted molar refractivity (Wildman–Crippen MR) is 99.6 cm³/mol. The Kier molecular flexibility index (Phi) is 5.87. The lowest BCUT2D eigenvalue weighted by Gasteiger charge is -2.26. The number of benzene rings is 2. The quantitative estimate of drug-likeness (QED) is 0.597. The summed E-state index contributed by atoms with van der Waals surface area (Å²) in [5.74, 6) is 0.109. The van der Waals surface area contributed by atoms with Gasteiger partial charge in [-0.05, 0) is 25.0 Å². The number of non-ortho nitro benzene ring substituents is 1. The number of hydrogen-bond donors (Lipinski definition) is 2. The zero-order chi connectivity index (χ0) is 19.2. The van der Waals surface area contributed by atoms with Gasteiger partial charge in [0.2, 0.25) is 0 Å². The third-order valence-electron chi connectivity index (χ3n) is 4.40. The average molecular weight is 371 g/mol. The summed E-state index contributed by atoms with van der Waals surface area (Å²) >= 11 is 0. The van der Waals surface area contributed by atoms with Crippen LogP contribution in [0, 0.1) is 10.1 Å². The lowest BCUT2D eigenvalue weighted by molar-refractivity contribution is -0.384. The van der Waals surface area contributed by atoms with Crippen molar-refractivity contribution in [2.75, 3.05) is 18.5 Å². The molecule has 27 heavy (non-hydrogen) atoms. The number of nitrogens with zero attached hydrogens (tertiary/aromatic N) is 2. The van der Waals surface area contributed by atoms with Crippen LogP contribution in [0.2, 0.25) is 0 Å². The number of carbonyl (C=O) groups excluding carboxylic acids is 1. The summed E-state index contributed by atoms with van der Waals surface area (Å²) in [5, 5.41) is 23.6. The highest BCUT2D eigenvalue weighted by molar-refractivity contribution is 5.89. The number of anilines is 1. The molecule has 2 amide bonds. The van der Waals surface area contributed by atoms with Crippen LogP contribution in [0.5, 0.6) is 5.75 Å². The summed E-state index contributed by atoms with van der Waals surface area (Å²) in [5.41, 5.74) is 0.854. The van der Waals surface area contributed by atoms with Crippen LogP contribution in [0.4, 0.5) is 16.2 Å². The molecule has 8 nitrogen and oxygen atoms in total. The van der Waals surface area contributed by atoms with Gasteiger partial charge in [0, 0.05) is 36.5 Å². The van der Waals surface area contributed by atoms with Crippen molar-refractivity contribution in [3.8, 4) is 5.75 Å². The van der Waals surface area contributed by atoms with Crippen LogP contribution in [0.15, 0.2) is 48.5 Å². The Balaban J connectivity index is 1.76. The van der Waals surface area contributed by atoms with Crippen molar-refractivity contribution in [3.63, 3.8) is 0 Å². The molecule has 0 spiro atoms. The third kappa shape index (κ3) is 4.95. The van der Waals surface area contributed by atoms with Crippen molar-refractivity contribution in [2.45, 2.75) is 25.5 Å². The number of urea groups is 1. The molecule has 1 fully saturated rings. The standard InChI is InChI=1S/C19H21N3O5/c23-18-9-2-1-5-14(18)12-21(13-17-8-4-10-27-17)19(24)20-15-6-3-7-16(11-15)22(25)26/h1-3,5-7,9,11,17,23H,4,8,10,12-13H2,(H,20,24). The minimum atomic E-state index is -0.512. The maximum absolute atomic E-state index is 12.8. The largest absolute Gasteiger partial charge is 0.508 e. The first-order chi connectivity index (χ1) is 13.0. The van der Waals surface area contributed by atoms with Gasteiger partial charge in [-0.1, -0.05) is 24.3 Å². The molecule has 0 bridgehead atoms. The summed E-state index contributed by atoms with van der Waals surface area (Å²) in [6.07, 6.45) is 1.75. The molecule has 3 rings (SSSR count). The maximum Gasteiger partial charge on any atom is 0.322 e. The Morgan fingerprint density at radius 3 is 2.81 bits per heavy atom. The minimum Gasteiger partial charge on any atom is -0.508 e. The molecule has 1 atom stereocenters. The number of phenolic OH excluding ortho intramolecular Hbond substituents is 1. The first kappa shape index (κ1) is 18.7. The molecule has 1 aliphatic rings. The number of nitrogens with one attached hydrogen (secondary N) is 1. The fourth-order valence-electron chi connectivity index (χ4n) is 3.00. The summed E-state index contributed by atoms with van der Waals surface area (Å²) < 4.78 is 5.63. The van der Waals surface area contributed by atoms with Crippen molar-refractivity contribution < 1.29 is 19.6 Å². The van der Waals surface area contributed by atoms with E-state index in [-0.39, 0.29) is 24.1 Å². The highest BCUT2D eigenvalue weighted by Gasteiger charge is 2.24. The number of hydrogen-bond acceptors (Lipinski definition) is 5. The molecule has 142 valence electrons. The van der Waals surface area contributed by atoms with E-state index in [0.717, 1.165) is 12.8 Å². The molecule has 1 heterocycles. The molecule has 2 aromatic carbocycles. The number of rotatable bonds is 6. The van der Waals surface area contributed by atoms with Crippen molar-refractivity contribution in [1.82, 2.24) is 4.90 Å². The molecule has 2 N–H and O–H groups in total. The minimum absolute atomic E-state index is 0.0632. The molecule has 8 heteroatoms. The van der Waals surface area contributed by atoms with Gasteiger partial charge in [-0.15, -0.1) is 0 Å². The topological polar surface area (TPSA) is 105 Å². The van der Waals surface area contributed by atoms with Gasteiger partial charge in [0.15, 0.2) is 0 Å². The number of phenols is 1. The number of amides is 2. The van der Waals surface area contributed by atoms with E-state index < -0.39 is 11.0 Å². The summed E-state index contributed by atoms with van der Waals surface area (Å²) in [4.78, 5) is 24.8. The Morgan fingerprint density at radius 2 is 2.11 bits per heavy atom. The van der Waals surface area contributed by atoms with Crippen LogP contribution in [-0.2, 0) is 11.3 Å². The normalized spacial score (nSPS) is 16.1. The number of nitro groups is 1. The molecular weight excluding hydrogens is 350 g/mol. The molecule has 1 aliphatic heterocycles. The van der Waals surface area contributed by atoms with E-state index in [4.69, 9.17) is 4.74 Å². The Hall–Kier alpha value is -3.13. The molecule has 1 saturated heterocycles. The van der Waals surface area contributed by atoms with Crippen LogP contribution >= 0.6 is 0 Å². The zero-order valence-electron chi connectivity index (χ0n) is 14.7. The molecule has 1 unspecified atom stereocenters. The van der Waals surface area contributed by atoms with Crippen LogP contribution in [0.1, 0.15) is 18.4 Å². The maximum atomic E-state index is 12.8. The van der Waals surface area contributed by atoms with Crippen LogP contribution in [-0.4, -0.2) is 40.2 Å². The fraction of sp³-hybridized carbons (Fsp3) is 0.316. The first-order valence-electron chi connectivity index (χ1n) is 8.72. The number of aromatic hydroxyl groups is 1. The third-order valence-corrected chi connectivity index (χ3v) is 4.40. The molecule has 0 aromatic heterocycles. The summed E-state index contributed by atoms with van der Waals surface area (Å²) in [6, 6.07) is 12.2. The van der Waals surface area contributed by atoms with E-state index in [0.29, 0.717) is 24.4 Å². The van der Waals surface area contributed by atoms with Gasteiger partial charge >= 0.3 is 6.03 Å². The Labute approximate surface area is 156 Å². The van der Waals surface area contributed by atoms with Crippen molar-refractivity contribution in [3.05, 3.63) is 64.2 Å². The van der Waals surface area contributed by atoms with Crippen molar-refractivity contribution in [2.24, 2.45) is 0 Å². The summed E-state index contributed by atoms with van der Waals surface area (Å²) in [7, 11) is 0. The lowest BCUT2D eigenvalue weighted by atomic mass is 10.1. The van der Waals surface area contributed by atoms with Crippen LogP contribution in [0.3, 0.4) is 0 Å². The predicted octanol–water partition coefficient (Wildman–Crippen LogP) is 3.51. The van der Waals surface area contributed by atoms with E-state index in [2.05, 4.69) is 5.32 Å². The average Bonchev–Trinajstić information content (AvgIpc) is 3.16. The van der Waals surface area contributed by atoms with Gasteiger partial charge < -0.3 is 20.1 Å². The number of para-hydroxylation sites is 1. The van der Waals surface area contributed by atoms with Gasteiger partial charge in [-0.25, -0.2) is 4.79 Å². The molecule has 0 radical (unpaired) electrons. The highest BCUT2D eigenvalue weighted by Crippen LogP contribution is 2.22. The van der Waals surface area contributed by atoms with Crippen molar-refractivity contribution >= 4 is 17.4 Å². The monoisotopic (exact) mass is 371 g/mol. The van der Waals surface area contributed by atoms with E-state index in [1.54, 1.807) is 35.2 Å². The van der Waals surface area contributed by atoms with E-state index in [1.807, 2.05) is 0 Å². The molecule has 2 aromatic rings. The second-order valence-electron chi connectivity index (χ2n) is 6.38. The Bertz CT molecular complexity index is 820. The number of nitro benzene ring substituents is 1.